The number of carbonyl (C=O) groups is 1. The van der Waals surface area contributed by atoms with Gasteiger partial charge in [0, 0.05) is 56.0 Å². The van der Waals surface area contributed by atoms with E-state index in [1.165, 1.54) is 6.92 Å². The highest BCUT2D eigenvalue weighted by molar-refractivity contribution is 5.88. The molecule has 2 aromatic carbocycles. The maximum absolute atomic E-state index is 11.4. The van der Waals surface area contributed by atoms with Crippen LogP contribution in [-0.4, -0.2) is 47.1 Å². The van der Waals surface area contributed by atoms with Crippen molar-refractivity contribution in [3.8, 4) is 0 Å². The standard InChI is InChI=1S/C28H33N3O4/c1-20(33)30-25-12-10-23(11-13-25)28-34-26(18-31(2)16-14-24-5-3-4-15-29-24)17-27(35-28)22-8-6-21(19-32)7-9-22/h3-13,15,26-28,32H,14,16-19H2,1-2H3,(H,30,33)/t26-,27+,28+/m0/s1. The lowest BCUT2D eigenvalue weighted by molar-refractivity contribution is -0.252. The number of nitrogens with one attached hydrogen (secondary N) is 1. The van der Waals surface area contributed by atoms with E-state index in [0.29, 0.717) is 0 Å². The molecule has 1 aliphatic heterocycles. The van der Waals surface area contributed by atoms with Crippen LogP contribution < -0.4 is 5.32 Å². The Kier molecular flexibility index (Phi) is 8.60. The van der Waals surface area contributed by atoms with Crippen LogP contribution in [0.25, 0.3) is 0 Å². The van der Waals surface area contributed by atoms with Crippen LogP contribution in [0.5, 0.6) is 0 Å². The van der Waals surface area contributed by atoms with Crippen LogP contribution in [0.4, 0.5) is 5.69 Å². The van der Waals surface area contributed by atoms with E-state index in [9.17, 15) is 9.90 Å². The van der Waals surface area contributed by atoms with Gasteiger partial charge in [0.2, 0.25) is 5.91 Å². The monoisotopic (exact) mass is 475 g/mol. The molecule has 3 aromatic rings. The fourth-order valence-corrected chi connectivity index (χ4v) is 4.25. The topological polar surface area (TPSA) is 83.9 Å². The van der Waals surface area contributed by atoms with Crippen molar-refractivity contribution in [1.29, 1.82) is 0 Å². The summed E-state index contributed by atoms with van der Waals surface area (Å²) in [5.41, 5.74) is 4.64. The zero-order chi connectivity index (χ0) is 24.6. The molecule has 1 aliphatic rings. The van der Waals surface area contributed by atoms with E-state index in [4.69, 9.17) is 9.47 Å². The Morgan fingerprint density at radius 1 is 1.06 bits per heavy atom. The lowest BCUT2D eigenvalue weighted by Crippen LogP contribution is -2.38. The predicted octanol–water partition coefficient (Wildman–Crippen LogP) is 4.25. The predicted molar refractivity (Wildman–Crippen MR) is 135 cm³/mol. The molecule has 0 bridgehead atoms. The Labute approximate surface area is 206 Å². The first kappa shape index (κ1) is 25.0. The van der Waals surface area contributed by atoms with Crippen molar-refractivity contribution in [3.05, 3.63) is 95.3 Å². The number of hydrogen-bond donors (Lipinski definition) is 2. The van der Waals surface area contributed by atoms with Gasteiger partial charge in [0.05, 0.1) is 18.8 Å². The summed E-state index contributed by atoms with van der Waals surface area (Å²) in [7, 11) is 2.10. The van der Waals surface area contributed by atoms with Crippen LogP contribution in [-0.2, 0) is 27.3 Å². The van der Waals surface area contributed by atoms with Crippen molar-refractivity contribution in [2.24, 2.45) is 0 Å². The molecular weight excluding hydrogens is 442 g/mol. The molecule has 0 radical (unpaired) electrons. The Bertz CT molecular complexity index is 1070. The van der Waals surface area contributed by atoms with Gasteiger partial charge >= 0.3 is 0 Å². The molecule has 0 spiro atoms. The molecule has 7 heteroatoms. The van der Waals surface area contributed by atoms with Crippen molar-refractivity contribution < 1.29 is 19.4 Å². The summed E-state index contributed by atoms with van der Waals surface area (Å²) in [5, 5.41) is 12.2. The summed E-state index contributed by atoms with van der Waals surface area (Å²) >= 11 is 0. The van der Waals surface area contributed by atoms with Crippen LogP contribution in [0.15, 0.2) is 72.9 Å². The van der Waals surface area contributed by atoms with E-state index < -0.39 is 6.29 Å². The summed E-state index contributed by atoms with van der Waals surface area (Å²) in [4.78, 5) is 18.0. The van der Waals surface area contributed by atoms with E-state index in [2.05, 4.69) is 22.2 Å². The first-order valence-corrected chi connectivity index (χ1v) is 12.0. The van der Waals surface area contributed by atoms with Gasteiger partial charge in [-0.3, -0.25) is 9.78 Å². The zero-order valence-corrected chi connectivity index (χ0v) is 20.3. The molecule has 1 saturated heterocycles. The van der Waals surface area contributed by atoms with Crippen molar-refractivity contribution in [2.75, 3.05) is 25.5 Å². The minimum Gasteiger partial charge on any atom is -0.392 e. The quantitative estimate of drug-likeness (QED) is 0.481. The maximum Gasteiger partial charge on any atom is 0.221 e. The molecule has 7 nitrogen and oxygen atoms in total. The van der Waals surface area contributed by atoms with Gasteiger partial charge in [0.15, 0.2) is 6.29 Å². The van der Waals surface area contributed by atoms with Crippen LogP contribution in [0.1, 0.15) is 48.1 Å². The van der Waals surface area contributed by atoms with Crippen LogP contribution >= 0.6 is 0 Å². The molecule has 1 amide bonds. The highest BCUT2D eigenvalue weighted by atomic mass is 16.7. The molecular formula is C28H33N3O4. The molecule has 3 atom stereocenters. The van der Waals surface area contributed by atoms with Gasteiger partial charge < -0.3 is 24.8 Å². The lowest BCUT2D eigenvalue weighted by Gasteiger charge is -2.38. The number of likely N-dealkylation sites (N-methyl/N-ethyl adjacent to an activating group) is 1. The largest absolute Gasteiger partial charge is 0.392 e. The maximum atomic E-state index is 11.4. The number of ether oxygens (including phenoxy) is 2. The van der Waals surface area contributed by atoms with Gasteiger partial charge in [-0.2, -0.15) is 0 Å². The molecule has 0 unspecified atom stereocenters. The number of aliphatic hydroxyl groups excluding tert-OH is 1. The third-order valence-electron chi connectivity index (χ3n) is 6.11. The van der Waals surface area contributed by atoms with Gasteiger partial charge in [0.25, 0.3) is 0 Å². The van der Waals surface area contributed by atoms with Gasteiger partial charge in [-0.25, -0.2) is 0 Å². The Balaban J connectivity index is 1.47. The van der Waals surface area contributed by atoms with Crippen molar-refractivity contribution >= 4 is 11.6 Å². The number of pyridine rings is 1. The average molecular weight is 476 g/mol. The lowest BCUT2D eigenvalue weighted by atomic mass is 9.99. The highest BCUT2D eigenvalue weighted by Gasteiger charge is 2.32. The van der Waals surface area contributed by atoms with E-state index in [1.807, 2.05) is 72.9 Å². The van der Waals surface area contributed by atoms with Crippen molar-refractivity contribution in [2.45, 2.75) is 44.9 Å². The summed E-state index contributed by atoms with van der Waals surface area (Å²) in [6.45, 7) is 3.15. The summed E-state index contributed by atoms with van der Waals surface area (Å²) < 4.78 is 12.8. The SMILES string of the molecule is CC(=O)Nc1ccc([C@@H]2O[C@H](CN(C)CCc3ccccn3)C[C@H](c3ccc(CO)cc3)O2)cc1. The number of hydrogen-bond acceptors (Lipinski definition) is 6. The van der Waals surface area contributed by atoms with E-state index in [0.717, 1.165) is 54.0 Å². The summed E-state index contributed by atoms with van der Waals surface area (Å²) in [5.74, 6) is -0.108. The van der Waals surface area contributed by atoms with Gasteiger partial charge in [-0.1, -0.05) is 42.5 Å². The summed E-state index contributed by atoms with van der Waals surface area (Å²) in [6, 6.07) is 21.4. The van der Waals surface area contributed by atoms with Crippen molar-refractivity contribution in [1.82, 2.24) is 9.88 Å². The first-order chi connectivity index (χ1) is 17.0. The second-order valence-corrected chi connectivity index (χ2v) is 8.99. The Morgan fingerprint density at radius 3 is 2.46 bits per heavy atom. The number of carbonyl (C=O) groups excluding carboxylic acids is 1. The van der Waals surface area contributed by atoms with Crippen LogP contribution in [0.2, 0.25) is 0 Å². The molecule has 2 N–H and O–H groups in total. The molecule has 0 aliphatic carbocycles. The number of nitrogens with zero attached hydrogens (tertiary/aromatic N) is 2. The van der Waals surface area contributed by atoms with Crippen LogP contribution in [0, 0.1) is 0 Å². The summed E-state index contributed by atoms with van der Waals surface area (Å²) in [6.07, 6.45) is 2.75. The molecule has 2 heterocycles. The van der Waals surface area contributed by atoms with Gasteiger partial charge in [-0.15, -0.1) is 0 Å². The van der Waals surface area contributed by atoms with E-state index in [1.54, 1.807) is 0 Å². The normalized spacial score (nSPS) is 20.1. The fraction of sp³-hybridized carbons (Fsp3) is 0.357. The molecule has 184 valence electrons. The third kappa shape index (κ3) is 7.19. The highest BCUT2D eigenvalue weighted by Crippen LogP contribution is 2.38. The average Bonchev–Trinajstić information content (AvgIpc) is 2.88. The molecule has 4 rings (SSSR count). The molecule has 1 aromatic heterocycles. The van der Waals surface area contributed by atoms with Gasteiger partial charge in [-0.05, 0) is 42.4 Å². The Hall–Kier alpha value is -3.10. The number of aromatic nitrogens is 1. The number of benzene rings is 2. The zero-order valence-electron chi connectivity index (χ0n) is 20.3. The molecule has 35 heavy (non-hydrogen) atoms. The molecule has 0 saturated carbocycles. The number of anilines is 1. The second kappa shape index (κ2) is 12.0. The second-order valence-electron chi connectivity index (χ2n) is 8.99. The number of amides is 1. The molecule has 1 fully saturated rings. The van der Waals surface area contributed by atoms with E-state index in [-0.39, 0.29) is 24.7 Å². The van der Waals surface area contributed by atoms with E-state index >= 15 is 0 Å². The van der Waals surface area contributed by atoms with Gasteiger partial charge in [0.1, 0.15) is 0 Å². The van der Waals surface area contributed by atoms with Crippen LogP contribution in [0.3, 0.4) is 0 Å². The smallest absolute Gasteiger partial charge is 0.221 e. The van der Waals surface area contributed by atoms with Crippen molar-refractivity contribution in [3.63, 3.8) is 0 Å². The minimum absolute atomic E-state index is 0.0158. The number of rotatable bonds is 9. The number of aliphatic hydroxyl groups is 1. The first-order valence-electron chi connectivity index (χ1n) is 12.0. The third-order valence-corrected chi connectivity index (χ3v) is 6.11. The minimum atomic E-state index is -0.521. The fourth-order valence-electron chi connectivity index (χ4n) is 4.25. The Morgan fingerprint density at radius 2 is 1.80 bits per heavy atom.